The lowest BCUT2D eigenvalue weighted by molar-refractivity contribution is 0.668. The molecule has 0 unspecified atom stereocenters. The van der Waals surface area contributed by atoms with E-state index in [9.17, 15) is 5.26 Å². The van der Waals surface area contributed by atoms with Crippen LogP contribution in [0.1, 0.15) is 5.56 Å². The Balaban J connectivity index is 1.22. The highest BCUT2D eigenvalue weighted by Gasteiger charge is 2.17. The van der Waals surface area contributed by atoms with E-state index in [1.165, 1.54) is 0 Å². The van der Waals surface area contributed by atoms with Crippen LogP contribution in [0.4, 0.5) is 0 Å². The van der Waals surface area contributed by atoms with E-state index >= 15 is 0 Å². The number of furan rings is 2. The highest BCUT2D eigenvalue weighted by Crippen LogP contribution is 2.39. The van der Waals surface area contributed by atoms with Gasteiger partial charge >= 0.3 is 0 Å². The second-order valence-corrected chi connectivity index (χ2v) is 12.9. The van der Waals surface area contributed by atoms with E-state index in [1.807, 2.05) is 97.1 Å². The molecular weight excluding hydrogens is 639 g/mol. The van der Waals surface area contributed by atoms with Crippen molar-refractivity contribution in [3.8, 4) is 62.2 Å². The van der Waals surface area contributed by atoms with Gasteiger partial charge in [-0.3, -0.25) is 0 Å². The van der Waals surface area contributed by atoms with Gasteiger partial charge < -0.3 is 8.83 Å². The third kappa shape index (κ3) is 5.02. The van der Waals surface area contributed by atoms with Crippen LogP contribution in [0.3, 0.4) is 0 Å². The molecule has 0 saturated heterocycles. The van der Waals surface area contributed by atoms with Gasteiger partial charge in [0.25, 0.3) is 0 Å². The Morgan fingerprint density at radius 3 is 1.54 bits per heavy atom. The van der Waals surface area contributed by atoms with E-state index in [-0.39, 0.29) is 0 Å². The van der Waals surface area contributed by atoms with Crippen LogP contribution >= 0.6 is 0 Å². The third-order valence-corrected chi connectivity index (χ3v) is 9.73. The molecular formula is C47H27N3O2. The van der Waals surface area contributed by atoms with Gasteiger partial charge in [0.05, 0.1) is 23.0 Å². The summed E-state index contributed by atoms with van der Waals surface area (Å²) in [5.41, 5.74) is 12.2. The first-order valence-electron chi connectivity index (χ1n) is 17.1. The van der Waals surface area contributed by atoms with Crippen LogP contribution in [0.5, 0.6) is 0 Å². The number of hydrogen-bond donors (Lipinski definition) is 0. The summed E-state index contributed by atoms with van der Waals surface area (Å²) < 4.78 is 12.4. The van der Waals surface area contributed by atoms with Crippen LogP contribution in [0.15, 0.2) is 173 Å². The van der Waals surface area contributed by atoms with Crippen molar-refractivity contribution in [2.24, 2.45) is 0 Å². The molecule has 0 saturated carbocycles. The standard InChI is InChI=1S/C47H27N3O2/c48-28-32-12-4-5-13-36(32)42-27-41(49-47(50-42)29-10-2-1-3-11-29)35-23-33(30-18-20-45-39(25-30)37-14-6-8-16-43(37)51-45)22-34(24-35)31-19-21-46-40(26-31)38-15-7-9-17-44(38)52-46/h1-27H. The van der Waals surface area contributed by atoms with Gasteiger partial charge in [0.1, 0.15) is 22.3 Å². The molecule has 0 bridgehead atoms. The fourth-order valence-electron chi connectivity index (χ4n) is 7.17. The molecule has 0 radical (unpaired) electrons. The molecule has 5 heteroatoms. The first-order chi connectivity index (χ1) is 25.7. The molecule has 242 valence electrons. The van der Waals surface area contributed by atoms with Gasteiger partial charge in [0, 0.05) is 38.2 Å². The van der Waals surface area contributed by atoms with E-state index < -0.39 is 0 Å². The maximum Gasteiger partial charge on any atom is 0.160 e. The number of fused-ring (bicyclic) bond motifs is 6. The van der Waals surface area contributed by atoms with Crippen molar-refractivity contribution in [3.63, 3.8) is 0 Å². The average molecular weight is 666 g/mol. The quantitative estimate of drug-likeness (QED) is 0.183. The van der Waals surface area contributed by atoms with Crippen LogP contribution < -0.4 is 0 Å². The molecule has 0 aliphatic heterocycles. The molecule has 5 nitrogen and oxygen atoms in total. The molecule has 10 rings (SSSR count). The van der Waals surface area contributed by atoms with Crippen molar-refractivity contribution in [3.05, 3.63) is 169 Å². The highest BCUT2D eigenvalue weighted by molar-refractivity contribution is 6.07. The molecule has 0 amide bonds. The van der Waals surface area contributed by atoms with Crippen LogP contribution in [0.2, 0.25) is 0 Å². The normalized spacial score (nSPS) is 11.4. The second-order valence-electron chi connectivity index (χ2n) is 12.9. The Morgan fingerprint density at radius 1 is 0.385 bits per heavy atom. The number of nitriles is 1. The Bertz CT molecular complexity index is 2910. The smallest absolute Gasteiger partial charge is 0.160 e. The Labute approximate surface area is 298 Å². The van der Waals surface area contributed by atoms with Crippen molar-refractivity contribution >= 4 is 43.9 Å². The molecule has 3 aromatic heterocycles. The topological polar surface area (TPSA) is 75.8 Å². The molecule has 7 aromatic carbocycles. The first kappa shape index (κ1) is 29.6. The van der Waals surface area contributed by atoms with Crippen molar-refractivity contribution in [1.82, 2.24) is 9.97 Å². The van der Waals surface area contributed by atoms with E-state index in [0.717, 1.165) is 88.5 Å². The molecule has 3 heterocycles. The maximum atomic E-state index is 10.0. The van der Waals surface area contributed by atoms with Crippen LogP contribution in [-0.4, -0.2) is 9.97 Å². The van der Waals surface area contributed by atoms with Crippen molar-refractivity contribution in [2.75, 3.05) is 0 Å². The molecule has 10 aromatic rings. The molecule has 0 atom stereocenters. The monoisotopic (exact) mass is 665 g/mol. The SMILES string of the molecule is N#Cc1ccccc1-c1cc(-c2cc(-c3ccc4oc5ccccc5c4c3)cc(-c3ccc4oc5ccccc5c4c3)c2)nc(-c2ccccc2)n1. The lowest BCUT2D eigenvalue weighted by Crippen LogP contribution is -1.97. The zero-order valence-corrected chi connectivity index (χ0v) is 27.7. The van der Waals surface area contributed by atoms with Gasteiger partial charge in [-0.1, -0.05) is 97.1 Å². The van der Waals surface area contributed by atoms with Crippen molar-refractivity contribution in [1.29, 1.82) is 5.26 Å². The summed E-state index contributed by atoms with van der Waals surface area (Å²) in [5.74, 6) is 0.588. The van der Waals surface area contributed by atoms with Gasteiger partial charge in [-0.25, -0.2) is 9.97 Å². The first-order valence-corrected chi connectivity index (χ1v) is 17.1. The Kier molecular flexibility index (Phi) is 6.80. The third-order valence-electron chi connectivity index (χ3n) is 9.73. The van der Waals surface area contributed by atoms with Crippen molar-refractivity contribution in [2.45, 2.75) is 0 Å². The summed E-state index contributed by atoms with van der Waals surface area (Å²) in [5, 5.41) is 14.3. The van der Waals surface area contributed by atoms with Crippen molar-refractivity contribution < 1.29 is 8.83 Å². The van der Waals surface area contributed by atoms with E-state index in [4.69, 9.17) is 18.8 Å². The van der Waals surface area contributed by atoms with E-state index in [1.54, 1.807) is 0 Å². The highest BCUT2D eigenvalue weighted by atomic mass is 16.3. The molecule has 52 heavy (non-hydrogen) atoms. The van der Waals surface area contributed by atoms with Crippen LogP contribution in [-0.2, 0) is 0 Å². The largest absolute Gasteiger partial charge is 0.456 e. The fraction of sp³-hybridized carbons (Fsp3) is 0. The summed E-state index contributed by atoms with van der Waals surface area (Å²) in [6.45, 7) is 0. The summed E-state index contributed by atoms with van der Waals surface area (Å²) in [7, 11) is 0. The zero-order chi connectivity index (χ0) is 34.6. The summed E-state index contributed by atoms with van der Waals surface area (Å²) in [6.07, 6.45) is 0. The predicted octanol–water partition coefficient (Wildman–Crippen LogP) is 12.5. The minimum atomic E-state index is 0.557. The second kappa shape index (κ2) is 11.9. The Morgan fingerprint density at radius 2 is 0.904 bits per heavy atom. The number of hydrogen-bond acceptors (Lipinski definition) is 5. The summed E-state index contributed by atoms with van der Waals surface area (Å²) in [4.78, 5) is 10.2. The summed E-state index contributed by atoms with van der Waals surface area (Å²) in [6, 6.07) is 57.5. The number of nitrogens with zero attached hydrogens (tertiary/aromatic N) is 3. The number of para-hydroxylation sites is 2. The number of rotatable bonds is 5. The van der Waals surface area contributed by atoms with Gasteiger partial charge in [-0.05, 0) is 89.0 Å². The minimum absolute atomic E-state index is 0.557. The zero-order valence-electron chi connectivity index (χ0n) is 27.7. The Hall–Kier alpha value is -7.29. The minimum Gasteiger partial charge on any atom is -0.456 e. The van der Waals surface area contributed by atoms with Gasteiger partial charge in [-0.15, -0.1) is 0 Å². The van der Waals surface area contributed by atoms with E-state index in [2.05, 4.69) is 72.8 Å². The van der Waals surface area contributed by atoms with Gasteiger partial charge in [0.2, 0.25) is 0 Å². The fourth-order valence-corrected chi connectivity index (χ4v) is 7.17. The number of benzene rings is 7. The molecule has 0 aliphatic carbocycles. The molecule has 0 N–H and O–H groups in total. The van der Waals surface area contributed by atoms with Crippen LogP contribution in [0.25, 0.3) is 100 Å². The maximum absolute atomic E-state index is 10.0. The lowest BCUT2D eigenvalue weighted by atomic mass is 9.93. The lowest BCUT2D eigenvalue weighted by Gasteiger charge is -2.14. The molecule has 0 fully saturated rings. The van der Waals surface area contributed by atoms with Gasteiger partial charge in [0.15, 0.2) is 5.82 Å². The number of aromatic nitrogens is 2. The molecule has 0 spiro atoms. The summed E-state index contributed by atoms with van der Waals surface area (Å²) >= 11 is 0. The predicted molar refractivity (Wildman–Crippen MR) is 208 cm³/mol. The van der Waals surface area contributed by atoms with Gasteiger partial charge in [-0.2, -0.15) is 5.26 Å². The molecule has 0 aliphatic rings. The average Bonchev–Trinajstić information content (AvgIpc) is 3.78. The van der Waals surface area contributed by atoms with Crippen LogP contribution in [0, 0.1) is 11.3 Å². The van der Waals surface area contributed by atoms with E-state index in [0.29, 0.717) is 17.1 Å².